The normalized spacial score (nSPS) is 12.5. The predicted octanol–water partition coefficient (Wildman–Crippen LogP) is 25.5. The van der Waals surface area contributed by atoms with Crippen LogP contribution in [-0.2, 0) is 14.3 Å². The summed E-state index contributed by atoms with van der Waals surface area (Å²) in [6.45, 7) is 5.01. The van der Waals surface area contributed by atoms with Crippen molar-refractivity contribution < 1.29 is 24.5 Å². The van der Waals surface area contributed by atoms with E-state index in [1.54, 1.807) is 0 Å². The van der Waals surface area contributed by atoms with Gasteiger partial charge in [0.15, 0.2) is 0 Å². The molecule has 0 aromatic rings. The molecule has 84 heavy (non-hydrogen) atoms. The maximum absolute atomic E-state index is 12.5. The van der Waals surface area contributed by atoms with Crippen molar-refractivity contribution in [3.05, 3.63) is 12.2 Å². The number of carbonyl (C=O) groups is 2. The van der Waals surface area contributed by atoms with Crippen LogP contribution in [0.3, 0.4) is 0 Å². The third-order valence-electron chi connectivity index (χ3n) is 18.6. The second-order valence-electron chi connectivity index (χ2n) is 27.0. The Labute approximate surface area is 527 Å². The van der Waals surface area contributed by atoms with Gasteiger partial charge in [0.05, 0.1) is 25.4 Å². The summed E-state index contributed by atoms with van der Waals surface area (Å²) < 4.78 is 5.52. The molecule has 0 rings (SSSR count). The summed E-state index contributed by atoms with van der Waals surface area (Å²) in [5, 5.41) is 23.4. The van der Waals surface area contributed by atoms with Gasteiger partial charge in [0.25, 0.3) is 0 Å². The molecule has 0 fully saturated rings. The van der Waals surface area contributed by atoms with E-state index >= 15 is 0 Å². The molecule has 0 bridgehead atoms. The van der Waals surface area contributed by atoms with Gasteiger partial charge in [0.1, 0.15) is 0 Å². The van der Waals surface area contributed by atoms with Gasteiger partial charge in [-0.25, -0.2) is 0 Å². The van der Waals surface area contributed by atoms with E-state index in [0.29, 0.717) is 25.9 Å². The maximum atomic E-state index is 12.5. The fourth-order valence-electron chi connectivity index (χ4n) is 12.6. The second-order valence-corrected chi connectivity index (χ2v) is 27.0. The quantitative estimate of drug-likeness (QED) is 0.0320. The molecular formula is C78H153NO5. The first-order valence-corrected chi connectivity index (χ1v) is 38.9. The van der Waals surface area contributed by atoms with Crippen LogP contribution < -0.4 is 5.32 Å². The fourth-order valence-corrected chi connectivity index (χ4v) is 12.6. The van der Waals surface area contributed by atoms with Gasteiger partial charge in [-0.3, -0.25) is 9.59 Å². The zero-order chi connectivity index (χ0) is 60.6. The molecule has 0 saturated carbocycles. The van der Waals surface area contributed by atoms with Crippen LogP contribution in [0.2, 0.25) is 0 Å². The molecule has 0 saturated heterocycles. The van der Waals surface area contributed by atoms with Crippen LogP contribution in [0.15, 0.2) is 12.2 Å². The lowest BCUT2D eigenvalue weighted by atomic mass is 10.0. The molecule has 0 heterocycles. The van der Waals surface area contributed by atoms with E-state index < -0.39 is 12.1 Å². The Balaban J connectivity index is 3.32. The Morgan fingerprint density at radius 2 is 0.560 bits per heavy atom. The highest BCUT2D eigenvalue weighted by molar-refractivity contribution is 5.76. The molecule has 0 radical (unpaired) electrons. The summed E-state index contributed by atoms with van der Waals surface area (Å²) in [5.41, 5.74) is 0. The summed E-state index contributed by atoms with van der Waals surface area (Å²) in [4.78, 5) is 24.6. The average Bonchev–Trinajstić information content (AvgIpc) is 3.53. The first-order chi connectivity index (χ1) is 41.5. The Morgan fingerprint density at radius 3 is 0.845 bits per heavy atom. The number of unbranched alkanes of at least 4 members (excludes halogenated alkanes) is 61. The Bertz CT molecular complexity index is 1270. The Hall–Kier alpha value is -1.40. The Kier molecular flexibility index (Phi) is 72.8. The van der Waals surface area contributed by atoms with E-state index in [1.807, 2.05) is 0 Å². The third-order valence-corrected chi connectivity index (χ3v) is 18.6. The number of hydrogen-bond acceptors (Lipinski definition) is 5. The number of hydrogen-bond donors (Lipinski definition) is 3. The van der Waals surface area contributed by atoms with Crippen LogP contribution >= 0.6 is 0 Å². The van der Waals surface area contributed by atoms with E-state index in [1.165, 1.54) is 379 Å². The molecule has 500 valence electrons. The molecule has 6 heteroatoms. The number of allylic oxidation sites excluding steroid dienone is 2. The topological polar surface area (TPSA) is 95.9 Å². The lowest BCUT2D eigenvalue weighted by Gasteiger charge is -2.22. The van der Waals surface area contributed by atoms with E-state index in [4.69, 9.17) is 4.74 Å². The zero-order valence-electron chi connectivity index (χ0n) is 57.4. The Morgan fingerprint density at radius 1 is 0.321 bits per heavy atom. The second kappa shape index (κ2) is 74.1. The molecule has 0 aromatic heterocycles. The first-order valence-electron chi connectivity index (χ1n) is 38.9. The van der Waals surface area contributed by atoms with E-state index in [9.17, 15) is 19.8 Å². The number of nitrogens with one attached hydrogen (secondary N) is 1. The minimum Gasteiger partial charge on any atom is -0.466 e. The molecule has 0 aromatic carbocycles. The fraction of sp³-hybridized carbons (Fsp3) is 0.949. The first kappa shape index (κ1) is 82.6. The minimum atomic E-state index is -0.661. The molecular weight excluding hydrogens is 1030 g/mol. The SMILES string of the molecule is CCCCCCCCCCCCCCCCCCCCCC(=O)OCCCCCCCCCCCCCC/C=C\CCCCCCCCCCCCCCCCCCCC(=O)NC(CO)C(O)CCCCCCCCCCCCCCCCC. The summed E-state index contributed by atoms with van der Waals surface area (Å²) in [6, 6.07) is -0.538. The molecule has 0 aliphatic rings. The number of ether oxygens (including phenoxy) is 1. The van der Waals surface area contributed by atoms with Crippen LogP contribution in [-0.4, -0.2) is 47.4 Å². The van der Waals surface area contributed by atoms with Crippen LogP contribution in [0.4, 0.5) is 0 Å². The van der Waals surface area contributed by atoms with Crippen LogP contribution in [0.5, 0.6) is 0 Å². The molecule has 3 N–H and O–H groups in total. The highest BCUT2D eigenvalue weighted by atomic mass is 16.5. The molecule has 0 spiro atoms. The number of rotatable bonds is 74. The van der Waals surface area contributed by atoms with Crippen molar-refractivity contribution in [2.45, 2.75) is 463 Å². The van der Waals surface area contributed by atoms with E-state index in [2.05, 4.69) is 31.3 Å². The van der Waals surface area contributed by atoms with Crippen LogP contribution in [0.25, 0.3) is 0 Å². The lowest BCUT2D eigenvalue weighted by molar-refractivity contribution is -0.143. The maximum Gasteiger partial charge on any atom is 0.305 e. The highest BCUT2D eigenvalue weighted by Crippen LogP contribution is 2.20. The number of esters is 1. The minimum absolute atomic E-state index is 0.0247. The number of aliphatic hydroxyl groups is 2. The zero-order valence-corrected chi connectivity index (χ0v) is 57.4. The molecule has 6 nitrogen and oxygen atoms in total. The van der Waals surface area contributed by atoms with Crippen molar-refractivity contribution in [2.75, 3.05) is 13.2 Å². The van der Waals surface area contributed by atoms with Crippen molar-refractivity contribution in [1.82, 2.24) is 5.32 Å². The van der Waals surface area contributed by atoms with Gasteiger partial charge in [-0.15, -0.1) is 0 Å². The lowest BCUT2D eigenvalue weighted by Crippen LogP contribution is -2.45. The van der Waals surface area contributed by atoms with Crippen LogP contribution in [0.1, 0.15) is 450 Å². The van der Waals surface area contributed by atoms with Gasteiger partial charge >= 0.3 is 5.97 Å². The largest absolute Gasteiger partial charge is 0.466 e. The van der Waals surface area contributed by atoms with Crippen molar-refractivity contribution in [1.29, 1.82) is 0 Å². The molecule has 1 amide bonds. The summed E-state index contributed by atoms with van der Waals surface area (Å²) in [7, 11) is 0. The molecule has 2 unspecified atom stereocenters. The number of carbonyl (C=O) groups excluding carboxylic acids is 2. The van der Waals surface area contributed by atoms with Gasteiger partial charge in [-0.2, -0.15) is 0 Å². The average molecular weight is 1190 g/mol. The standard InChI is InChI=1S/C78H153NO5/c1-3-5-7-9-11-13-15-17-19-20-36-40-44-48-52-56-60-64-68-72-78(83)84-73-69-65-61-57-53-49-45-41-38-35-33-31-29-27-25-23-21-22-24-26-28-30-32-34-37-39-43-47-51-55-59-63-67-71-77(82)79-75(74-80)76(81)70-66-62-58-54-50-46-42-18-16-14-12-10-8-6-4-2/h25,27,75-76,80-81H,3-24,26,28-74H2,1-2H3,(H,79,82)/b27-25-. The predicted molar refractivity (Wildman–Crippen MR) is 370 cm³/mol. The van der Waals surface area contributed by atoms with Gasteiger partial charge in [0.2, 0.25) is 5.91 Å². The van der Waals surface area contributed by atoms with Crippen molar-refractivity contribution in [2.24, 2.45) is 0 Å². The number of aliphatic hydroxyl groups excluding tert-OH is 2. The van der Waals surface area contributed by atoms with Gasteiger partial charge in [-0.1, -0.05) is 398 Å². The molecule has 0 aliphatic heterocycles. The summed E-state index contributed by atoms with van der Waals surface area (Å²) in [6.07, 6.45) is 93.0. The smallest absolute Gasteiger partial charge is 0.305 e. The summed E-state index contributed by atoms with van der Waals surface area (Å²) in [5.74, 6) is -0.00337. The van der Waals surface area contributed by atoms with Crippen molar-refractivity contribution >= 4 is 11.9 Å². The summed E-state index contributed by atoms with van der Waals surface area (Å²) >= 11 is 0. The monoisotopic (exact) mass is 1180 g/mol. The van der Waals surface area contributed by atoms with Gasteiger partial charge in [-0.05, 0) is 51.4 Å². The van der Waals surface area contributed by atoms with Gasteiger partial charge in [0, 0.05) is 12.8 Å². The van der Waals surface area contributed by atoms with Crippen molar-refractivity contribution in [3.8, 4) is 0 Å². The molecule has 2 atom stereocenters. The van der Waals surface area contributed by atoms with Crippen molar-refractivity contribution in [3.63, 3.8) is 0 Å². The molecule has 0 aliphatic carbocycles. The van der Waals surface area contributed by atoms with Crippen LogP contribution in [0, 0.1) is 0 Å². The number of amides is 1. The highest BCUT2D eigenvalue weighted by Gasteiger charge is 2.20. The van der Waals surface area contributed by atoms with E-state index in [0.717, 1.165) is 38.5 Å². The third kappa shape index (κ3) is 69.7. The van der Waals surface area contributed by atoms with E-state index in [-0.39, 0.29) is 18.5 Å². The van der Waals surface area contributed by atoms with Gasteiger partial charge < -0.3 is 20.3 Å².